The van der Waals surface area contributed by atoms with E-state index in [0.29, 0.717) is 10.8 Å². The molecule has 0 heterocycles. The Labute approximate surface area is 193 Å². The van der Waals surface area contributed by atoms with Crippen LogP contribution in [0.5, 0.6) is 0 Å². The van der Waals surface area contributed by atoms with E-state index in [2.05, 4.69) is 41.5 Å². The molecule has 178 valence electrons. The summed E-state index contributed by atoms with van der Waals surface area (Å²) in [5, 5.41) is 0. The van der Waals surface area contributed by atoms with Gasteiger partial charge in [0, 0.05) is 0 Å². The Morgan fingerprint density at radius 2 is 0.655 bits per heavy atom. The SMILES string of the molecule is CCCCC(C)(C)CCCCCCCCC(CCCC)(CCCC)CCCC.Cl. The molecule has 0 unspecified atom stereocenters. The predicted octanol–water partition coefficient (Wildman–Crippen LogP) is 11.3. The van der Waals surface area contributed by atoms with Crippen molar-refractivity contribution in [2.24, 2.45) is 10.8 Å². The highest BCUT2D eigenvalue weighted by Crippen LogP contribution is 2.41. The van der Waals surface area contributed by atoms with Crippen LogP contribution in [0, 0.1) is 10.8 Å². The minimum atomic E-state index is 0. The van der Waals surface area contributed by atoms with Gasteiger partial charge in [-0.15, -0.1) is 12.4 Å². The monoisotopic (exact) mass is 430 g/mol. The van der Waals surface area contributed by atoms with Gasteiger partial charge in [0.25, 0.3) is 0 Å². The molecule has 0 bridgehead atoms. The average Bonchev–Trinajstić information content (AvgIpc) is 2.69. The average molecular weight is 431 g/mol. The summed E-state index contributed by atoms with van der Waals surface area (Å²) >= 11 is 0. The highest BCUT2D eigenvalue weighted by atomic mass is 35.5. The van der Waals surface area contributed by atoms with Crippen molar-refractivity contribution in [3.63, 3.8) is 0 Å². The van der Waals surface area contributed by atoms with Crippen LogP contribution in [0.1, 0.15) is 170 Å². The molecule has 0 aromatic rings. The third kappa shape index (κ3) is 17.6. The molecule has 0 fully saturated rings. The van der Waals surface area contributed by atoms with Crippen LogP contribution < -0.4 is 0 Å². The molecule has 0 aromatic heterocycles. The summed E-state index contributed by atoms with van der Waals surface area (Å²) in [7, 11) is 0. The molecule has 0 aromatic carbocycles. The van der Waals surface area contributed by atoms with Crippen molar-refractivity contribution in [2.45, 2.75) is 170 Å². The van der Waals surface area contributed by atoms with Gasteiger partial charge in [0.1, 0.15) is 0 Å². The van der Waals surface area contributed by atoms with Crippen LogP contribution in [0.15, 0.2) is 0 Å². The van der Waals surface area contributed by atoms with Crippen LogP contribution in [-0.2, 0) is 0 Å². The van der Waals surface area contributed by atoms with Crippen LogP contribution in [0.25, 0.3) is 0 Å². The Balaban J connectivity index is 0. The number of hydrogen-bond acceptors (Lipinski definition) is 0. The molecule has 0 saturated carbocycles. The molecule has 0 amide bonds. The van der Waals surface area contributed by atoms with Crippen LogP contribution in [0.4, 0.5) is 0 Å². The van der Waals surface area contributed by atoms with E-state index in [0.717, 1.165) is 0 Å². The van der Waals surface area contributed by atoms with E-state index in [4.69, 9.17) is 0 Å². The number of unbranched alkanes of at least 4 members (excludes halogenated alkanes) is 9. The lowest BCUT2D eigenvalue weighted by Crippen LogP contribution is -2.21. The lowest BCUT2D eigenvalue weighted by molar-refractivity contribution is 0.175. The fraction of sp³-hybridized carbons (Fsp3) is 1.00. The van der Waals surface area contributed by atoms with E-state index in [9.17, 15) is 0 Å². The van der Waals surface area contributed by atoms with Gasteiger partial charge in [-0.2, -0.15) is 0 Å². The minimum Gasteiger partial charge on any atom is -0.147 e. The van der Waals surface area contributed by atoms with Gasteiger partial charge in [-0.05, 0) is 49.4 Å². The Kier molecular flexibility index (Phi) is 21.9. The van der Waals surface area contributed by atoms with Gasteiger partial charge < -0.3 is 0 Å². The molecule has 0 aliphatic heterocycles. The molecule has 0 N–H and O–H groups in total. The predicted molar refractivity (Wildman–Crippen MR) is 138 cm³/mol. The van der Waals surface area contributed by atoms with Crippen molar-refractivity contribution in [2.75, 3.05) is 0 Å². The molecular formula is C28H59Cl. The number of halogens is 1. The van der Waals surface area contributed by atoms with E-state index in [-0.39, 0.29) is 12.4 Å². The summed E-state index contributed by atoms with van der Waals surface area (Å²) in [6, 6.07) is 0. The van der Waals surface area contributed by atoms with E-state index in [1.807, 2.05) is 0 Å². The molecule has 0 spiro atoms. The molecule has 0 aliphatic rings. The molecule has 0 saturated heterocycles. The van der Waals surface area contributed by atoms with E-state index < -0.39 is 0 Å². The van der Waals surface area contributed by atoms with Crippen molar-refractivity contribution in [3.05, 3.63) is 0 Å². The van der Waals surface area contributed by atoms with Gasteiger partial charge in [0.2, 0.25) is 0 Å². The topological polar surface area (TPSA) is 0 Å². The van der Waals surface area contributed by atoms with Crippen LogP contribution >= 0.6 is 12.4 Å². The van der Waals surface area contributed by atoms with Gasteiger partial charge in [-0.25, -0.2) is 0 Å². The molecule has 1 heteroatoms. The van der Waals surface area contributed by atoms with E-state index >= 15 is 0 Å². The molecular weight excluding hydrogens is 372 g/mol. The maximum Gasteiger partial charge on any atom is -0.0297 e. The normalized spacial score (nSPS) is 12.2. The zero-order chi connectivity index (χ0) is 21.1. The zero-order valence-corrected chi connectivity index (χ0v) is 22.4. The third-order valence-electron chi connectivity index (χ3n) is 7.20. The fourth-order valence-electron chi connectivity index (χ4n) is 5.00. The molecule has 0 radical (unpaired) electrons. The van der Waals surface area contributed by atoms with Crippen molar-refractivity contribution >= 4 is 12.4 Å². The summed E-state index contributed by atoms with van der Waals surface area (Å²) in [6.45, 7) is 14.4. The van der Waals surface area contributed by atoms with Crippen molar-refractivity contribution in [1.29, 1.82) is 0 Å². The molecule has 0 aliphatic carbocycles. The molecule has 0 atom stereocenters. The maximum atomic E-state index is 2.48. The first-order valence-electron chi connectivity index (χ1n) is 13.4. The highest BCUT2D eigenvalue weighted by molar-refractivity contribution is 5.85. The Hall–Kier alpha value is 0.290. The van der Waals surface area contributed by atoms with Crippen molar-refractivity contribution in [1.82, 2.24) is 0 Å². The fourth-order valence-corrected chi connectivity index (χ4v) is 5.00. The van der Waals surface area contributed by atoms with E-state index in [1.54, 1.807) is 0 Å². The van der Waals surface area contributed by atoms with Crippen LogP contribution in [-0.4, -0.2) is 0 Å². The van der Waals surface area contributed by atoms with E-state index in [1.165, 1.54) is 128 Å². The quantitative estimate of drug-likeness (QED) is 0.159. The Morgan fingerprint density at radius 3 is 1.07 bits per heavy atom. The number of hydrogen-bond donors (Lipinski definition) is 0. The third-order valence-corrected chi connectivity index (χ3v) is 7.20. The van der Waals surface area contributed by atoms with Crippen LogP contribution in [0.3, 0.4) is 0 Å². The zero-order valence-electron chi connectivity index (χ0n) is 21.6. The van der Waals surface area contributed by atoms with Crippen LogP contribution in [0.2, 0.25) is 0 Å². The summed E-state index contributed by atoms with van der Waals surface area (Å²) in [4.78, 5) is 0. The second kappa shape index (κ2) is 20.2. The largest absolute Gasteiger partial charge is 0.147 e. The first-order valence-corrected chi connectivity index (χ1v) is 13.4. The van der Waals surface area contributed by atoms with Crippen molar-refractivity contribution < 1.29 is 0 Å². The maximum absolute atomic E-state index is 2.48. The summed E-state index contributed by atoms with van der Waals surface area (Å²) in [5.41, 5.74) is 1.26. The Bertz CT molecular complexity index is 299. The van der Waals surface area contributed by atoms with Crippen molar-refractivity contribution in [3.8, 4) is 0 Å². The standard InChI is InChI=1S/C28H58.ClH/c1-7-11-21-27(5,6)22-19-17-15-16-18-20-26-28(23-12-8-2,24-13-9-3)25-14-10-4;/h7-26H2,1-6H3;1H. The lowest BCUT2D eigenvalue weighted by Gasteiger charge is -2.35. The second-order valence-corrected chi connectivity index (χ2v) is 10.7. The highest BCUT2D eigenvalue weighted by Gasteiger charge is 2.27. The van der Waals surface area contributed by atoms with Gasteiger partial charge in [0.05, 0.1) is 0 Å². The summed E-state index contributed by atoms with van der Waals surface area (Å²) in [5.74, 6) is 0. The molecule has 0 rings (SSSR count). The first kappa shape index (κ1) is 31.5. The molecule has 29 heavy (non-hydrogen) atoms. The number of rotatable bonds is 21. The summed E-state index contributed by atoms with van der Waals surface area (Å²) in [6.07, 6.45) is 28.9. The minimum absolute atomic E-state index is 0. The van der Waals surface area contributed by atoms with Gasteiger partial charge in [-0.3, -0.25) is 0 Å². The lowest BCUT2D eigenvalue weighted by atomic mass is 9.71. The van der Waals surface area contributed by atoms with Gasteiger partial charge in [0.15, 0.2) is 0 Å². The Morgan fingerprint density at radius 1 is 0.379 bits per heavy atom. The summed E-state index contributed by atoms with van der Waals surface area (Å²) < 4.78 is 0. The smallest absolute Gasteiger partial charge is 0.0297 e. The first-order chi connectivity index (χ1) is 13.4. The van der Waals surface area contributed by atoms with Gasteiger partial charge >= 0.3 is 0 Å². The molecule has 0 nitrogen and oxygen atoms in total. The van der Waals surface area contributed by atoms with Gasteiger partial charge in [-0.1, -0.05) is 131 Å². The second-order valence-electron chi connectivity index (χ2n) is 10.7.